The van der Waals surface area contributed by atoms with Gasteiger partial charge in [-0.25, -0.2) is 9.53 Å². The maximum Gasteiger partial charge on any atom is 0.369 e. The van der Waals surface area contributed by atoms with Crippen molar-refractivity contribution < 1.29 is 14.1 Å². The van der Waals surface area contributed by atoms with Gasteiger partial charge in [0, 0.05) is 23.3 Å². The molecular weight excluding hydrogens is 340 g/mol. The second-order valence-corrected chi connectivity index (χ2v) is 5.40. The lowest BCUT2D eigenvalue weighted by Crippen LogP contribution is -2.25. The maximum absolute atomic E-state index is 12.3. The number of aryl methyl sites for hydroxylation is 1. The molecule has 7 heteroatoms. The third-order valence-corrected chi connectivity index (χ3v) is 3.61. The summed E-state index contributed by atoms with van der Waals surface area (Å²) < 4.78 is 6.68. The van der Waals surface area contributed by atoms with Crippen molar-refractivity contribution >= 4 is 33.2 Å². The van der Waals surface area contributed by atoms with Crippen molar-refractivity contribution in [3.05, 3.63) is 62.2 Å². The molecule has 0 unspecified atom stereocenters. The highest BCUT2D eigenvalue weighted by molar-refractivity contribution is 9.10. The highest BCUT2D eigenvalue weighted by Gasteiger charge is 2.33. The molecular formula is C14H9BrN2O4. The molecule has 106 valence electrons. The minimum absolute atomic E-state index is 0.0219. The number of aromatic nitrogens is 1. The predicted octanol–water partition coefficient (Wildman–Crippen LogP) is 2.12. The summed E-state index contributed by atoms with van der Waals surface area (Å²) in [6.45, 7) is 0. The van der Waals surface area contributed by atoms with Crippen LogP contribution in [0.25, 0.3) is 0 Å². The lowest BCUT2D eigenvalue weighted by atomic mass is 9.99. The number of halogens is 1. The zero-order chi connectivity index (χ0) is 15.1. The number of Topliss-reactive ketones (excluding diaryl/α,β-unsaturated/α-hetero) is 1. The normalized spacial score (nSPS) is 13.9. The van der Waals surface area contributed by atoms with E-state index in [9.17, 15) is 14.4 Å². The summed E-state index contributed by atoms with van der Waals surface area (Å²) in [6, 6.07) is 7.07. The maximum atomic E-state index is 12.3. The summed E-state index contributed by atoms with van der Waals surface area (Å²) in [5.74, 6) is -1.00. The Morgan fingerprint density at radius 1 is 1.14 bits per heavy atom. The van der Waals surface area contributed by atoms with Crippen molar-refractivity contribution in [2.45, 2.75) is 0 Å². The number of nitrogens with zero attached hydrogens (tertiary/aromatic N) is 1. The summed E-state index contributed by atoms with van der Waals surface area (Å²) in [7, 11) is 1.41. The molecule has 0 saturated carbocycles. The first-order chi connectivity index (χ1) is 9.97. The van der Waals surface area contributed by atoms with Crippen molar-refractivity contribution in [3.63, 3.8) is 0 Å². The quantitative estimate of drug-likeness (QED) is 0.898. The Labute approximate surface area is 127 Å². The number of anilines is 1. The molecule has 1 aliphatic carbocycles. The summed E-state index contributed by atoms with van der Waals surface area (Å²) in [5.41, 5.74) is -0.382. The van der Waals surface area contributed by atoms with Crippen LogP contribution in [0.1, 0.15) is 20.8 Å². The number of carbonyl (C=O) groups is 2. The first kappa shape index (κ1) is 13.6. The van der Waals surface area contributed by atoms with Crippen LogP contribution in [0, 0.1) is 0 Å². The zero-order valence-electron chi connectivity index (χ0n) is 10.8. The van der Waals surface area contributed by atoms with Crippen molar-refractivity contribution in [2.24, 2.45) is 7.05 Å². The number of ketones is 2. The van der Waals surface area contributed by atoms with Gasteiger partial charge in [0.25, 0.3) is 0 Å². The molecule has 0 atom stereocenters. The molecule has 0 saturated heterocycles. The predicted molar refractivity (Wildman–Crippen MR) is 78.5 cm³/mol. The van der Waals surface area contributed by atoms with Crippen LogP contribution in [0.3, 0.4) is 0 Å². The lowest BCUT2D eigenvalue weighted by Gasteiger charge is -2.13. The summed E-state index contributed by atoms with van der Waals surface area (Å²) in [4.78, 5) is 36.0. The van der Waals surface area contributed by atoms with Gasteiger partial charge >= 0.3 is 5.63 Å². The second kappa shape index (κ2) is 4.85. The summed E-state index contributed by atoms with van der Waals surface area (Å²) in [5, 5.41) is 2.85. The van der Waals surface area contributed by atoms with Crippen molar-refractivity contribution in [1.29, 1.82) is 0 Å². The van der Waals surface area contributed by atoms with E-state index in [1.807, 2.05) is 0 Å². The highest BCUT2D eigenvalue weighted by Crippen LogP contribution is 2.22. The second-order valence-electron chi connectivity index (χ2n) is 4.48. The van der Waals surface area contributed by atoms with Crippen LogP contribution < -0.4 is 10.9 Å². The number of hydrogen-bond acceptors (Lipinski definition) is 5. The van der Waals surface area contributed by atoms with Gasteiger partial charge in [-0.05, 0) is 24.3 Å². The standard InChI is InChI=1S/C14H9BrN2O4/c1-17-12-10(18)6-9(13(19)11(12)14(20)21-17)16-8-4-2-7(15)3-5-8/h2-6,16H,1H3. The molecule has 0 spiro atoms. The first-order valence-corrected chi connectivity index (χ1v) is 6.80. The van der Waals surface area contributed by atoms with Gasteiger partial charge in [0.1, 0.15) is 11.3 Å². The Morgan fingerprint density at radius 3 is 2.48 bits per heavy atom. The average Bonchev–Trinajstić information content (AvgIpc) is 2.74. The van der Waals surface area contributed by atoms with E-state index in [-0.39, 0.29) is 17.0 Å². The topological polar surface area (TPSA) is 81.3 Å². The number of benzene rings is 1. The molecule has 0 bridgehead atoms. The first-order valence-electron chi connectivity index (χ1n) is 6.01. The van der Waals surface area contributed by atoms with E-state index in [0.717, 1.165) is 9.21 Å². The van der Waals surface area contributed by atoms with Crippen molar-refractivity contribution in [1.82, 2.24) is 4.74 Å². The summed E-state index contributed by atoms with van der Waals surface area (Å²) >= 11 is 3.31. The van der Waals surface area contributed by atoms with Crippen LogP contribution in [0.15, 0.2) is 49.8 Å². The van der Waals surface area contributed by atoms with Gasteiger partial charge in [0.15, 0.2) is 0 Å². The Morgan fingerprint density at radius 2 is 1.81 bits per heavy atom. The van der Waals surface area contributed by atoms with E-state index in [4.69, 9.17) is 4.52 Å². The molecule has 0 aliphatic heterocycles. The van der Waals surface area contributed by atoms with Crippen LogP contribution >= 0.6 is 15.9 Å². The fraction of sp³-hybridized carbons (Fsp3) is 0.0714. The van der Waals surface area contributed by atoms with Gasteiger partial charge in [-0.2, -0.15) is 0 Å². The number of carbonyl (C=O) groups excluding carboxylic acids is 2. The molecule has 0 amide bonds. The third-order valence-electron chi connectivity index (χ3n) is 3.08. The molecule has 3 rings (SSSR count). The SMILES string of the molecule is Cn1oc(=O)c2c1C(=O)C=C(Nc1ccc(Br)cc1)C2=O. The molecule has 0 radical (unpaired) electrons. The molecule has 21 heavy (non-hydrogen) atoms. The van der Waals surface area contributed by atoms with E-state index in [0.29, 0.717) is 5.69 Å². The number of hydrogen-bond donors (Lipinski definition) is 1. The smallest absolute Gasteiger partial charge is 0.352 e. The van der Waals surface area contributed by atoms with Crippen molar-refractivity contribution in [2.75, 3.05) is 5.32 Å². The van der Waals surface area contributed by atoms with E-state index < -0.39 is 17.2 Å². The average molecular weight is 349 g/mol. The molecule has 1 N–H and O–H groups in total. The molecule has 6 nitrogen and oxygen atoms in total. The van der Waals surface area contributed by atoms with Crippen LogP contribution in [0.2, 0.25) is 0 Å². The van der Waals surface area contributed by atoms with Gasteiger partial charge in [-0.1, -0.05) is 15.9 Å². The largest absolute Gasteiger partial charge is 0.369 e. The van der Waals surface area contributed by atoms with Crippen molar-refractivity contribution in [3.8, 4) is 0 Å². The fourth-order valence-electron chi connectivity index (χ4n) is 2.13. The van der Waals surface area contributed by atoms with Crippen LogP contribution in [-0.4, -0.2) is 16.3 Å². The van der Waals surface area contributed by atoms with Gasteiger partial charge in [0.05, 0.1) is 5.70 Å². The monoisotopic (exact) mass is 348 g/mol. The van der Waals surface area contributed by atoms with E-state index in [1.54, 1.807) is 24.3 Å². The van der Waals surface area contributed by atoms with Crippen LogP contribution in [-0.2, 0) is 7.05 Å². The Balaban J connectivity index is 2.00. The third kappa shape index (κ3) is 2.25. The van der Waals surface area contributed by atoms with E-state index >= 15 is 0 Å². The number of rotatable bonds is 2. The van der Waals surface area contributed by atoms with Gasteiger partial charge in [-0.15, -0.1) is 0 Å². The molecule has 1 aromatic carbocycles. The fourth-order valence-corrected chi connectivity index (χ4v) is 2.39. The molecule has 0 fully saturated rings. The Kier molecular flexibility index (Phi) is 3.13. The van der Waals surface area contributed by atoms with E-state index in [2.05, 4.69) is 21.2 Å². The van der Waals surface area contributed by atoms with Gasteiger partial charge < -0.3 is 9.84 Å². The highest BCUT2D eigenvalue weighted by atomic mass is 79.9. The van der Waals surface area contributed by atoms with Gasteiger partial charge in [0.2, 0.25) is 11.6 Å². The number of allylic oxidation sites excluding steroid dienone is 2. The van der Waals surface area contributed by atoms with E-state index in [1.165, 1.54) is 13.1 Å². The molecule has 1 heterocycles. The number of fused-ring (bicyclic) bond motifs is 1. The molecule has 1 aromatic heterocycles. The van der Waals surface area contributed by atoms with Crippen LogP contribution in [0.5, 0.6) is 0 Å². The Bertz CT molecular complexity index is 843. The molecule has 2 aromatic rings. The summed E-state index contributed by atoms with van der Waals surface area (Å²) in [6.07, 6.45) is 1.17. The minimum atomic E-state index is -0.811. The minimum Gasteiger partial charge on any atom is -0.352 e. The van der Waals surface area contributed by atoms with Gasteiger partial charge in [-0.3, -0.25) is 9.59 Å². The lowest BCUT2D eigenvalue weighted by molar-refractivity contribution is 0.0977. The Hall–Kier alpha value is -2.41. The van der Waals surface area contributed by atoms with Crippen LogP contribution in [0.4, 0.5) is 5.69 Å². The molecule has 1 aliphatic rings. The zero-order valence-corrected chi connectivity index (χ0v) is 12.4. The number of nitrogens with one attached hydrogen (secondary N) is 1.